The standard InChI is InChI=1S/C23H26N4O/c1-16-9-17(2)20(22(10-16)27-8-4-7-24-27)15-25-12-18-11-19(14-25)21-5-3-6-23(28)26(21)13-18/h3-10,18-19H,11-15H2,1-2H3. The minimum Gasteiger partial charge on any atom is -0.312 e. The molecule has 5 rings (SSSR count). The molecule has 144 valence electrons. The molecule has 2 atom stereocenters. The molecular weight excluding hydrogens is 348 g/mol. The van der Waals surface area contributed by atoms with Gasteiger partial charge in [0.05, 0.1) is 5.69 Å². The second-order valence-corrected chi connectivity index (χ2v) is 8.42. The van der Waals surface area contributed by atoms with Crippen molar-refractivity contribution in [3.05, 3.63) is 81.5 Å². The highest BCUT2D eigenvalue weighted by Gasteiger charge is 2.34. The highest BCUT2D eigenvalue weighted by Crippen LogP contribution is 2.36. The van der Waals surface area contributed by atoms with Crippen LogP contribution in [-0.2, 0) is 13.1 Å². The molecule has 4 heterocycles. The van der Waals surface area contributed by atoms with Crippen molar-refractivity contribution in [2.24, 2.45) is 5.92 Å². The summed E-state index contributed by atoms with van der Waals surface area (Å²) in [6, 6.07) is 12.2. The Balaban J connectivity index is 1.47. The Bertz CT molecular complexity index is 1070. The van der Waals surface area contributed by atoms with Crippen LogP contribution in [0, 0.1) is 19.8 Å². The molecule has 2 aromatic heterocycles. The summed E-state index contributed by atoms with van der Waals surface area (Å²) in [7, 11) is 0. The minimum atomic E-state index is 0.149. The molecule has 1 fully saturated rings. The lowest BCUT2D eigenvalue weighted by Gasteiger charge is -2.43. The summed E-state index contributed by atoms with van der Waals surface area (Å²) in [5.41, 5.74) is 6.46. The molecule has 0 N–H and O–H groups in total. The number of aryl methyl sites for hydroxylation is 2. The molecule has 2 aliphatic rings. The normalized spacial score (nSPS) is 21.5. The Morgan fingerprint density at radius 1 is 1.11 bits per heavy atom. The van der Waals surface area contributed by atoms with Crippen molar-refractivity contribution in [1.82, 2.24) is 19.2 Å². The van der Waals surface area contributed by atoms with Gasteiger partial charge in [0.15, 0.2) is 0 Å². The molecule has 3 aromatic rings. The fourth-order valence-corrected chi connectivity index (χ4v) is 5.14. The number of benzene rings is 1. The van der Waals surface area contributed by atoms with Gasteiger partial charge in [-0.2, -0.15) is 5.10 Å². The Morgan fingerprint density at radius 3 is 2.82 bits per heavy atom. The number of piperidine rings is 1. The van der Waals surface area contributed by atoms with Crippen molar-refractivity contribution in [3.63, 3.8) is 0 Å². The zero-order chi connectivity index (χ0) is 19.3. The lowest BCUT2D eigenvalue weighted by Crippen LogP contribution is -2.46. The van der Waals surface area contributed by atoms with Gasteiger partial charge in [-0.05, 0) is 61.1 Å². The third kappa shape index (κ3) is 3.00. The number of hydrogen-bond acceptors (Lipinski definition) is 3. The Morgan fingerprint density at radius 2 is 2.00 bits per heavy atom. The largest absolute Gasteiger partial charge is 0.312 e. The van der Waals surface area contributed by atoms with E-state index >= 15 is 0 Å². The molecular formula is C23H26N4O. The number of pyridine rings is 1. The highest BCUT2D eigenvalue weighted by molar-refractivity contribution is 5.48. The number of hydrogen-bond donors (Lipinski definition) is 0. The predicted molar refractivity (Wildman–Crippen MR) is 110 cm³/mol. The third-order valence-corrected chi connectivity index (χ3v) is 6.28. The molecule has 5 nitrogen and oxygen atoms in total. The van der Waals surface area contributed by atoms with Gasteiger partial charge >= 0.3 is 0 Å². The van der Waals surface area contributed by atoms with Gasteiger partial charge in [-0.15, -0.1) is 0 Å². The summed E-state index contributed by atoms with van der Waals surface area (Å²) in [5, 5.41) is 4.48. The summed E-state index contributed by atoms with van der Waals surface area (Å²) >= 11 is 0. The van der Waals surface area contributed by atoms with Crippen LogP contribution < -0.4 is 5.56 Å². The van der Waals surface area contributed by atoms with E-state index in [2.05, 4.69) is 42.0 Å². The smallest absolute Gasteiger partial charge is 0.250 e. The van der Waals surface area contributed by atoms with Gasteiger partial charge in [0.2, 0.25) is 0 Å². The molecule has 0 radical (unpaired) electrons. The molecule has 1 saturated heterocycles. The maximum atomic E-state index is 12.3. The van der Waals surface area contributed by atoms with Crippen molar-refractivity contribution in [2.45, 2.75) is 39.3 Å². The van der Waals surface area contributed by atoms with Crippen LogP contribution >= 0.6 is 0 Å². The highest BCUT2D eigenvalue weighted by atomic mass is 16.1. The lowest BCUT2D eigenvalue weighted by molar-refractivity contribution is 0.114. The molecule has 0 saturated carbocycles. The molecule has 2 bridgehead atoms. The quantitative estimate of drug-likeness (QED) is 0.707. The van der Waals surface area contributed by atoms with Gasteiger partial charge < -0.3 is 4.57 Å². The Labute approximate surface area is 165 Å². The van der Waals surface area contributed by atoms with Crippen molar-refractivity contribution in [3.8, 4) is 5.69 Å². The lowest BCUT2D eigenvalue weighted by atomic mass is 9.83. The Kier molecular flexibility index (Phi) is 4.20. The zero-order valence-electron chi connectivity index (χ0n) is 16.5. The molecule has 1 aromatic carbocycles. The second-order valence-electron chi connectivity index (χ2n) is 8.42. The van der Waals surface area contributed by atoms with Crippen LogP contribution in [0.25, 0.3) is 5.69 Å². The first kappa shape index (κ1) is 17.4. The Hall–Kier alpha value is -2.66. The van der Waals surface area contributed by atoms with E-state index in [9.17, 15) is 4.79 Å². The van der Waals surface area contributed by atoms with Gasteiger partial charge in [-0.3, -0.25) is 9.69 Å². The van der Waals surface area contributed by atoms with Crippen LogP contribution in [0.2, 0.25) is 0 Å². The van der Waals surface area contributed by atoms with Gasteiger partial charge in [-0.25, -0.2) is 4.68 Å². The van der Waals surface area contributed by atoms with E-state index in [1.54, 1.807) is 6.07 Å². The van der Waals surface area contributed by atoms with Gasteiger partial charge in [0.25, 0.3) is 5.56 Å². The second kappa shape index (κ2) is 6.74. The van der Waals surface area contributed by atoms with E-state index in [4.69, 9.17) is 0 Å². The number of aromatic nitrogens is 3. The predicted octanol–water partition coefficient (Wildman–Crippen LogP) is 3.27. The first-order valence-electron chi connectivity index (χ1n) is 10.1. The van der Waals surface area contributed by atoms with Crippen molar-refractivity contribution in [2.75, 3.05) is 13.1 Å². The van der Waals surface area contributed by atoms with Crippen LogP contribution in [0.4, 0.5) is 0 Å². The number of rotatable bonds is 3. The van der Waals surface area contributed by atoms with Crippen molar-refractivity contribution >= 4 is 0 Å². The average Bonchev–Trinajstić information content (AvgIpc) is 3.19. The summed E-state index contributed by atoms with van der Waals surface area (Å²) in [6.45, 7) is 8.17. The minimum absolute atomic E-state index is 0.149. The fourth-order valence-electron chi connectivity index (χ4n) is 5.14. The molecule has 0 aliphatic carbocycles. The number of fused-ring (bicyclic) bond motifs is 4. The monoisotopic (exact) mass is 374 g/mol. The van der Waals surface area contributed by atoms with Gasteiger partial charge in [-0.1, -0.05) is 12.1 Å². The van der Waals surface area contributed by atoms with E-state index in [1.807, 2.05) is 33.8 Å². The maximum Gasteiger partial charge on any atom is 0.250 e. The molecule has 0 spiro atoms. The molecule has 2 aliphatic heterocycles. The molecule has 28 heavy (non-hydrogen) atoms. The molecule has 2 unspecified atom stereocenters. The summed E-state index contributed by atoms with van der Waals surface area (Å²) < 4.78 is 3.98. The van der Waals surface area contributed by atoms with Crippen LogP contribution in [0.3, 0.4) is 0 Å². The SMILES string of the molecule is Cc1cc(C)c(CN2CC3CC(C2)c2cccc(=O)n2C3)c(-n2cccn2)c1. The van der Waals surface area contributed by atoms with Crippen LogP contribution in [0.15, 0.2) is 53.6 Å². The van der Waals surface area contributed by atoms with E-state index < -0.39 is 0 Å². The summed E-state index contributed by atoms with van der Waals surface area (Å²) in [6.07, 6.45) is 5.05. The first-order chi connectivity index (χ1) is 13.6. The zero-order valence-corrected chi connectivity index (χ0v) is 16.5. The van der Waals surface area contributed by atoms with Crippen molar-refractivity contribution in [1.29, 1.82) is 0 Å². The van der Waals surface area contributed by atoms with E-state index in [1.165, 1.54) is 34.5 Å². The molecule has 5 heteroatoms. The van der Waals surface area contributed by atoms with Gasteiger partial charge in [0.1, 0.15) is 0 Å². The van der Waals surface area contributed by atoms with E-state index in [-0.39, 0.29) is 5.56 Å². The van der Waals surface area contributed by atoms with E-state index in [0.29, 0.717) is 11.8 Å². The fraction of sp³-hybridized carbons (Fsp3) is 0.391. The van der Waals surface area contributed by atoms with Crippen LogP contribution in [0.5, 0.6) is 0 Å². The molecule has 0 amide bonds. The van der Waals surface area contributed by atoms with Crippen molar-refractivity contribution < 1.29 is 0 Å². The topological polar surface area (TPSA) is 43.1 Å². The van der Waals surface area contributed by atoms with Crippen LogP contribution in [-0.4, -0.2) is 32.3 Å². The third-order valence-electron chi connectivity index (χ3n) is 6.28. The van der Waals surface area contributed by atoms with E-state index in [0.717, 1.165) is 26.2 Å². The summed E-state index contributed by atoms with van der Waals surface area (Å²) in [5.74, 6) is 0.991. The van der Waals surface area contributed by atoms with Gasteiger partial charge in [0, 0.05) is 56.3 Å². The first-order valence-corrected chi connectivity index (χ1v) is 10.1. The average molecular weight is 374 g/mol. The van der Waals surface area contributed by atoms with Crippen LogP contribution in [0.1, 0.15) is 34.7 Å². The number of nitrogens with zero attached hydrogens (tertiary/aromatic N) is 4. The maximum absolute atomic E-state index is 12.3. The number of likely N-dealkylation sites (tertiary alicyclic amines) is 1. The summed E-state index contributed by atoms with van der Waals surface area (Å²) in [4.78, 5) is 14.8.